The molecule has 0 aliphatic heterocycles. The summed E-state index contributed by atoms with van der Waals surface area (Å²) in [5.41, 5.74) is 1.29. The molecule has 1 aromatic rings. The lowest BCUT2D eigenvalue weighted by atomic mass is 9.95. The van der Waals surface area contributed by atoms with Crippen molar-refractivity contribution in [3.05, 3.63) is 35.9 Å². The number of aliphatic hydroxyl groups is 1. The summed E-state index contributed by atoms with van der Waals surface area (Å²) < 4.78 is 0. The Hall–Kier alpha value is -0.860. The van der Waals surface area contributed by atoms with Crippen LogP contribution in [0.25, 0.3) is 0 Å². The zero-order valence-corrected chi connectivity index (χ0v) is 8.90. The van der Waals surface area contributed by atoms with Gasteiger partial charge in [0.2, 0.25) is 0 Å². The van der Waals surface area contributed by atoms with Crippen molar-refractivity contribution in [2.75, 3.05) is 13.6 Å². The highest BCUT2D eigenvalue weighted by Gasteiger charge is 2.10. The third kappa shape index (κ3) is 3.48. The van der Waals surface area contributed by atoms with E-state index < -0.39 is 0 Å². The molecule has 2 atom stereocenters. The van der Waals surface area contributed by atoms with Gasteiger partial charge in [0.05, 0.1) is 6.10 Å². The fourth-order valence-corrected chi connectivity index (χ4v) is 1.64. The van der Waals surface area contributed by atoms with Crippen LogP contribution in [-0.2, 0) is 0 Å². The van der Waals surface area contributed by atoms with Crippen molar-refractivity contribution in [1.82, 2.24) is 5.32 Å². The third-order valence-corrected chi connectivity index (χ3v) is 2.43. The molecule has 1 rings (SSSR count). The average molecular weight is 193 g/mol. The quantitative estimate of drug-likeness (QED) is 0.747. The van der Waals surface area contributed by atoms with Gasteiger partial charge in [-0.05, 0) is 24.9 Å². The van der Waals surface area contributed by atoms with E-state index in [1.54, 1.807) is 0 Å². The van der Waals surface area contributed by atoms with Crippen molar-refractivity contribution in [2.24, 2.45) is 0 Å². The number of benzene rings is 1. The van der Waals surface area contributed by atoms with Gasteiger partial charge in [-0.25, -0.2) is 0 Å². The van der Waals surface area contributed by atoms with E-state index in [-0.39, 0.29) is 6.10 Å². The van der Waals surface area contributed by atoms with E-state index >= 15 is 0 Å². The number of nitrogens with one attached hydrogen (secondary N) is 1. The van der Waals surface area contributed by atoms with E-state index in [2.05, 4.69) is 24.4 Å². The number of aliphatic hydroxyl groups excluding tert-OH is 1. The minimum atomic E-state index is -0.254. The summed E-state index contributed by atoms with van der Waals surface area (Å²) in [5.74, 6) is 0.416. The first kappa shape index (κ1) is 11.2. The number of rotatable bonds is 5. The van der Waals surface area contributed by atoms with Gasteiger partial charge >= 0.3 is 0 Å². The van der Waals surface area contributed by atoms with Crippen LogP contribution in [0.5, 0.6) is 0 Å². The molecule has 0 bridgehead atoms. The van der Waals surface area contributed by atoms with Crippen LogP contribution < -0.4 is 5.32 Å². The zero-order valence-electron chi connectivity index (χ0n) is 8.90. The highest BCUT2D eigenvalue weighted by Crippen LogP contribution is 2.19. The Morgan fingerprint density at radius 3 is 2.50 bits per heavy atom. The first-order valence-corrected chi connectivity index (χ1v) is 5.11. The minimum Gasteiger partial charge on any atom is -0.392 e. The Kier molecular flexibility index (Phi) is 4.63. The highest BCUT2D eigenvalue weighted by molar-refractivity contribution is 5.18. The fraction of sp³-hybridized carbons (Fsp3) is 0.500. The summed E-state index contributed by atoms with van der Waals surface area (Å²) >= 11 is 0. The molecule has 2 nitrogen and oxygen atoms in total. The fourth-order valence-electron chi connectivity index (χ4n) is 1.64. The first-order valence-electron chi connectivity index (χ1n) is 5.11. The van der Waals surface area contributed by atoms with E-state index in [1.807, 2.05) is 25.2 Å². The van der Waals surface area contributed by atoms with Crippen LogP contribution in [0.1, 0.15) is 24.8 Å². The van der Waals surface area contributed by atoms with E-state index in [0.717, 1.165) is 6.42 Å². The highest BCUT2D eigenvalue weighted by atomic mass is 16.3. The van der Waals surface area contributed by atoms with Crippen LogP contribution in [0.2, 0.25) is 0 Å². The Morgan fingerprint density at radius 1 is 1.29 bits per heavy atom. The summed E-state index contributed by atoms with van der Waals surface area (Å²) in [7, 11) is 1.86. The van der Waals surface area contributed by atoms with Crippen molar-refractivity contribution in [3.63, 3.8) is 0 Å². The molecular weight excluding hydrogens is 174 g/mol. The second-order valence-electron chi connectivity index (χ2n) is 3.76. The molecule has 0 radical (unpaired) electrons. The van der Waals surface area contributed by atoms with Crippen LogP contribution in [0.3, 0.4) is 0 Å². The van der Waals surface area contributed by atoms with E-state index in [9.17, 15) is 5.11 Å². The van der Waals surface area contributed by atoms with Crippen molar-refractivity contribution in [1.29, 1.82) is 0 Å². The molecule has 0 saturated carbocycles. The molecule has 14 heavy (non-hydrogen) atoms. The van der Waals surface area contributed by atoms with E-state index in [1.165, 1.54) is 5.56 Å². The van der Waals surface area contributed by atoms with Gasteiger partial charge in [0.15, 0.2) is 0 Å². The SMILES string of the molecule is CNCC(O)CC(C)c1ccccc1. The van der Waals surface area contributed by atoms with Gasteiger partial charge in [-0.2, -0.15) is 0 Å². The predicted octanol–water partition coefficient (Wildman–Crippen LogP) is 1.76. The van der Waals surface area contributed by atoms with E-state index in [4.69, 9.17) is 0 Å². The van der Waals surface area contributed by atoms with Gasteiger partial charge in [-0.15, -0.1) is 0 Å². The molecule has 0 spiro atoms. The monoisotopic (exact) mass is 193 g/mol. The van der Waals surface area contributed by atoms with Crippen LogP contribution in [0.4, 0.5) is 0 Å². The van der Waals surface area contributed by atoms with Crippen LogP contribution in [0.15, 0.2) is 30.3 Å². The normalized spacial score (nSPS) is 15.1. The van der Waals surface area contributed by atoms with Gasteiger partial charge in [0.25, 0.3) is 0 Å². The van der Waals surface area contributed by atoms with Crippen molar-refractivity contribution < 1.29 is 5.11 Å². The van der Waals surface area contributed by atoms with Crippen molar-refractivity contribution in [2.45, 2.75) is 25.4 Å². The molecular formula is C12H19NO. The van der Waals surface area contributed by atoms with Gasteiger partial charge in [-0.1, -0.05) is 37.3 Å². The van der Waals surface area contributed by atoms with Gasteiger partial charge in [0.1, 0.15) is 0 Å². The molecule has 0 saturated heterocycles. The molecule has 0 aliphatic rings. The third-order valence-electron chi connectivity index (χ3n) is 2.43. The molecule has 0 heterocycles. The zero-order chi connectivity index (χ0) is 10.4. The molecule has 0 amide bonds. The minimum absolute atomic E-state index is 0.254. The molecule has 2 N–H and O–H groups in total. The summed E-state index contributed by atoms with van der Waals surface area (Å²) in [4.78, 5) is 0. The Morgan fingerprint density at radius 2 is 1.93 bits per heavy atom. The Labute approximate surface area is 86.0 Å². The van der Waals surface area contributed by atoms with Crippen LogP contribution in [-0.4, -0.2) is 24.8 Å². The standard InChI is InChI=1S/C12H19NO/c1-10(8-12(14)9-13-2)11-6-4-3-5-7-11/h3-7,10,12-14H,8-9H2,1-2H3. The summed E-state index contributed by atoms with van der Waals surface area (Å²) in [5, 5.41) is 12.6. The van der Waals surface area contributed by atoms with Gasteiger partial charge in [0, 0.05) is 6.54 Å². The lowest BCUT2D eigenvalue weighted by Gasteiger charge is -2.16. The van der Waals surface area contributed by atoms with Crippen molar-refractivity contribution in [3.8, 4) is 0 Å². The molecule has 0 aromatic heterocycles. The Bertz CT molecular complexity index is 248. The topological polar surface area (TPSA) is 32.3 Å². The second kappa shape index (κ2) is 5.78. The maximum absolute atomic E-state index is 9.62. The maximum atomic E-state index is 9.62. The molecule has 1 aromatic carbocycles. The lowest BCUT2D eigenvalue weighted by Crippen LogP contribution is -2.24. The molecule has 2 unspecified atom stereocenters. The van der Waals surface area contributed by atoms with Gasteiger partial charge < -0.3 is 10.4 Å². The first-order chi connectivity index (χ1) is 6.74. The second-order valence-corrected chi connectivity index (χ2v) is 3.76. The number of likely N-dealkylation sites (N-methyl/N-ethyl adjacent to an activating group) is 1. The van der Waals surface area contributed by atoms with Gasteiger partial charge in [-0.3, -0.25) is 0 Å². The summed E-state index contributed by atoms with van der Waals surface area (Å²) in [6, 6.07) is 10.3. The molecule has 0 fully saturated rings. The smallest absolute Gasteiger partial charge is 0.0670 e. The van der Waals surface area contributed by atoms with Crippen LogP contribution >= 0.6 is 0 Å². The van der Waals surface area contributed by atoms with E-state index in [0.29, 0.717) is 12.5 Å². The van der Waals surface area contributed by atoms with Crippen molar-refractivity contribution >= 4 is 0 Å². The maximum Gasteiger partial charge on any atom is 0.0670 e. The molecule has 0 aliphatic carbocycles. The summed E-state index contributed by atoms with van der Waals surface area (Å²) in [6.07, 6.45) is 0.556. The predicted molar refractivity (Wildman–Crippen MR) is 59.4 cm³/mol. The Balaban J connectivity index is 2.46. The average Bonchev–Trinajstić information content (AvgIpc) is 2.19. The summed E-state index contributed by atoms with van der Waals surface area (Å²) in [6.45, 7) is 2.81. The lowest BCUT2D eigenvalue weighted by molar-refractivity contribution is 0.157. The number of hydrogen-bond acceptors (Lipinski definition) is 2. The number of hydrogen-bond donors (Lipinski definition) is 2. The molecule has 2 heteroatoms. The van der Waals surface area contributed by atoms with Crippen LogP contribution in [0, 0.1) is 0 Å². The largest absolute Gasteiger partial charge is 0.392 e. The molecule has 78 valence electrons.